The highest BCUT2D eigenvalue weighted by atomic mass is 32.2. The average Bonchev–Trinajstić information content (AvgIpc) is 2.60. The highest BCUT2D eigenvalue weighted by Gasteiger charge is 2.32. The Hall–Kier alpha value is -2.54. The van der Waals surface area contributed by atoms with Crippen molar-refractivity contribution in [2.45, 2.75) is 46.7 Å². The van der Waals surface area contributed by atoms with Gasteiger partial charge in [0.2, 0.25) is 15.9 Å². The second-order valence-electron chi connectivity index (χ2n) is 7.50. The summed E-state index contributed by atoms with van der Waals surface area (Å²) in [7, 11) is -2.26. The van der Waals surface area contributed by atoms with Crippen molar-refractivity contribution in [2.75, 3.05) is 17.7 Å². The van der Waals surface area contributed by atoms with E-state index in [0.717, 1.165) is 32.8 Å². The molecule has 29 heavy (non-hydrogen) atoms. The van der Waals surface area contributed by atoms with Gasteiger partial charge in [-0.05, 0) is 63.4 Å². The first kappa shape index (κ1) is 22.7. The van der Waals surface area contributed by atoms with Gasteiger partial charge in [0.25, 0.3) is 0 Å². The molecule has 2 aromatic carbocycles. The number of hydrogen-bond donors (Lipinski definition) is 1. The lowest BCUT2D eigenvalue weighted by Gasteiger charge is -2.30. The molecule has 6 nitrogen and oxygen atoms in total. The number of aryl methyl sites for hydroxylation is 3. The van der Waals surface area contributed by atoms with Crippen LogP contribution >= 0.6 is 0 Å². The fourth-order valence-electron chi connectivity index (χ4n) is 3.48. The zero-order chi connectivity index (χ0) is 21.9. The Balaban J connectivity index is 2.36. The molecule has 0 radical (unpaired) electrons. The number of ether oxygens (including phenoxy) is 1. The van der Waals surface area contributed by atoms with Gasteiger partial charge in [-0.1, -0.05) is 29.8 Å². The topological polar surface area (TPSA) is 75.7 Å². The number of sulfonamides is 1. The third-order valence-electron chi connectivity index (χ3n) is 4.91. The number of nitrogens with zero attached hydrogens (tertiary/aromatic N) is 1. The SMILES string of the molecule is COc1ccc(C)cc1N(C(C)C(=O)NC(C)c1ccc(C)cc1C)S(C)(=O)=O. The van der Waals surface area contributed by atoms with E-state index in [2.05, 4.69) is 11.4 Å². The summed E-state index contributed by atoms with van der Waals surface area (Å²) < 4.78 is 31.6. The van der Waals surface area contributed by atoms with Gasteiger partial charge in [0.15, 0.2) is 0 Å². The van der Waals surface area contributed by atoms with E-state index in [9.17, 15) is 13.2 Å². The fraction of sp³-hybridized carbons (Fsp3) is 0.409. The average molecular weight is 419 g/mol. The highest BCUT2D eigenvalue weighted by Crippen LogP contribution is 2.33. The molecular weight excluding hydrogens is 388 g/mol. The lowest BCUT2D eigenvalue weighted by atomic mass is 10.00. The minimum absolute atomic E-state index is 0.258. The molecule has 0 aromatic heterocycles. The normalized spacial score (nSPS) is 13.5. The van der Waals surface area contributed by atoms with E-state index in [4.69, 9.17) is 4.74 Å². The fourth-order valence-corrected chi connectivity index (χ4v) is 4.65. The van der Waals surface area contributed by atoms with Gasteiger partial charge in [-0.3, -0.25) is 9.10 Å². The van der Waals surface area contributed by atoms with E-state index in [1.165, 1.54) is 7.11 Å². The van der Waals surface area contributed by atoms with Crippen LogP contribution in [0.4, 0.5) is 5.69 Å². The van der Waals surface area contributed by atoms with Crippen molar-refractivity contribution in [3.05, 3.63) is 58.7 Å². The molecule has 0 bridgehead atoms. The summed E-state index contributed by atoms with van der Waals surface area (Å²) in [4.78, 5) is 13.0. The molecule has 0 aliphatic carbocycles. The number of methoxy groups -OCH3 is 1. The van der Waals surface area contributed by atoms with Gasteiger partial charge < -0.3 is 10.1 Å². The summed E-state index contributed by atoms with van der Waals surface area (Å²) in [5.74, 6) is 0.00885. The zero-order valence-corrected chi connectivity index (χ0v) is 18.9. The molecule has 0 fully saturated rings. The molecule has 0 spiro atoms. The number of amides is 1. The Kier molecular flexibility index (Phi) is 6.95. The first-order valence-electron chi connectivity index (χ1n) is 9.47. The van der Waals surface area contributed by atoms with E-state index in [-0.39, 0.29) is 11.9 Å². The van der Waals surface area contributed by atoms with Gasteiger partial charge in [0.05, 0.1) is 25.1 Å². The van der Waals surface area contributed by atoms with Gasteiger partial charge in [-0.2, -0.15) is 0 Å². The van der Waals surface area contributed by atoms with Crippen molar-refractivity contribution in [1.29, 1.82) is 0 Å². The smallest absolute Gasteiger partial charge is 0.244 e. The van der Waals surface area contributed by atoms with E-state index < -0.39 is 16.1 Å². The first-order chi connectivity index (χ1) is 13.5. The second kappa shape index (κ2) is 8.86. The summed E-state index contributed by atoms with van der Waals surface area (Å²) in [6, 6.07) is 10.1. The van der Waals surface area contributed by atoms with E-state index in [1.807, 2.05) is 45.9 Å². The molecular formula is C22H30N2O4S. The maximum atomic E-state index is 13.0. The zero-order valence-electron chi connectivity index (χ0n) is 18.1. The number of hydrogen-bond acceptors (Lipinski definition) is 4. The largest absolute Gasteiger partial charge is 0.495 e. The Morgan fingerprint density at radius 1 is 1.03 bits per heavy atom. The molecule has 2 atom stereocenters. The van der Waals surface area contributed by atoms with Gasteiger partial charge in [-0.15, -0.1) is 0 Å². The van der Waals surface area contributed by atoms with Crippen LogP contribution in [0.1, 0.15) is 42.1 Å². The third kappa shape index (κ3) is 5.29. The van der Waals surface area contributed by atoms with Crippen LogP contribution < -0.4 is 14.4 Å². The summed E-state index contributed by atoms with van der Waals surface area (Å²) >= 11 is 0. The van der Waals surface area contributed by atoms with Crippen LogP contribution in [0.5, 0.6) is 5.75 Å². The molecule has 0 saturated heterocycles. The standard InChI is InChI=1S/C22H30N2O4S/c1-14-8-10-19(16(3)12-14)17(4)23-22(25)18(5)24(29(7,26)27)20-13-15(2)9-11-21(20)28-6/h8-13,17-18H,1-7H3,(H,23,25). The van der Waals surface area contributed by atoms with Crippen molar-refractivity contribution in [1.82, 2.24) is 5.32 Å². The molecule has 7 heteroatoms. The van der Waals surface area contributed by atoms with Crippen LogP contribution in [0.25, 0.3) is 0 Å². The molecule has 0 heterocycles. The van der Waals surface area contributed by atoms with Crippen LogP contribution in [0, 0.1) is 20.8 Å². The van der Waals surface area contributed by atoms with Crippen LogP contribution in [-0.4, -0.2) is 33.7 Å². The van der Waals surface area contributed by atoms with Gasteiger partial charge in [0, 0.05) is 0 Å². The van der Waals surface area contributed by atoms with Crippen LogP contribution in [0.3, 0.4) is 0 Å². The Morgan fingerprint density at radius 2 is 1.62 bits per heavy atom. The van der Waals surface area contributed by atoms with Crippen LogP contribution in [0.15, 0.2) is 36.4 Å². The van der Waals surface area contributed by atoms with Crippen molar-refractivity contribution >= 4 is 21.6 Å². The quantitative estimate of drug-likeness (QED) is 0.745. The lowest BCUT2D eigenvalue weighted by molar-refractivity contribution is -0.122. The number of rotatable bonds is 7. The van der Waals surface area contributed by atoms with E-state index >= 15 is 0 Å². The van der Waals surface area contributed by atoms with Crippen LogP contribution in [0.2, 0.25) is 0 Å². The van der Waals surface area contributed by atoms with Gasteiger partial charge in [0.1, 0.15) is 11.8 Å². The molecule has 2 rings (SSSR count). The van der Waals surface area contributed by atoms with Crippen molar-refractivity contribution in [3.8, 4) is 5.75 Å². The lowest BCUT2D eigenvalue weighted by Crippen LogP contribution is -2.48. The maximum Gasteiger partial charge on any atom is 0.244 e. The predicted octanol–water partition coefficient (Wildman–Crippen LogP) is 3.65. The molecule has 0 aliphatic heterocycles. The first-order valence-corrected chi connectivity index (χ1v) is 11.3. The number of anilines is 1. The van der Waals surface area contributed by atoms with Crippen molar-refractivity contribution in [3.63, 3.8) is 0 Å². The van der Waals surface area contributed by atoms with E-state index in [0.29, 0.717) is 11.4 Å². The number of carbonyl (C=O) groups excluding carboxylic acids is 1. The van der Waals surface area contributed by atoms with Crippen molar-refractivity contribution < 1.29 is 17.9 Å². The summed E-state index contributed by atoms with van der Waals surface area (Å²) in [6.07, 6.45) is 1.09. The minimum atomic E-state index is -3.73. The molecule has 158 valence electrons. The summed E-state index contributed by atoms with van der Waals surface area (Å²) in [5, 5.41) is 2.94. The van der Waals surface area contributed by atoms with Crippen molar-refractivity contribution in [2.24, 2.45) is 0 Å². The second-order valence-corrected chi connectivity index (χ2v) is 9.36. The summed E-state index contributed by atoms with van der Waals surface area (Å²) in [6.45, 7) is 9.33. The number of benzene rings is 2. The van der Waals surface area contributed by atoms with Gasteiger partial charge >= 0.3 is 0 Å². The predicted molar refractivity (Wildman–Crippen MR) is 117 cm³/mol. The Bertz CT molecular complexity index is 1000. The molecule has 2 unspecified atom stereocenters. The Morgan fingerprint density at radius 3 is 2.17 bits per heavy atom. The molecule has 1 amide bonds. The number of carbonyl (C=O) groups is 1. The highest BCUT2D eigenvalue weighted by molar-refractivity contribution is 7.92. The minimum Gasteiger partial charge on any atom is -0.495 e. The monoisotopic (exact) mass is 418 g/mol. The number of nitrogens with one attached hydrogen (secondary N) is 1. The van der Waals surface area contributed by atoms with Gasteiger partial charge in [-0.25, -0.2) is 8.42 Å². The third-order valence-corrected chi connectivity index (χ3v) is 6.14. The molecule has 1 N–H and O–H groups in total. The maximum absolute atomic E-state index is 13.0. The van der Waals surface area contributed by atoms with Crippen LogP contribution in [-0.2, 0) is 14.8 Å². The Labute approximate surface area is 173 Å². The summed E-state index contributed by atoms with van der Waals surface area (Å²) in [5.41, 5.74) is 4.43. The molecule has 2 aromatic rings. The molecule has 0 saturated carbocycles. The molecule has 0 aliphatic rings. The van der Waals surface area contributed by atoms with E-state index in [1.54, 1.807) is 19.1 Å².